The molecule has 2 aromatic carbocycles. The van der Waals surface area contributed by atoms with Gasteiger partial charge in [0.1, 0.15) is 6.61 Å². The fourth-order valence-corrected chi connectivity index (χ4v) is 3.95. The van der Waals surface area contributed by atoms with Gasteiger partial charge >= 0.3 is 6.09 Å². The maximum Gasteiger partial charge on any atom is 0.414 e. The third kappa shape index (κ3) is 3.63. The minimum absolute atomic E-state index is 0.0673. The molecule has 0 bridgehead atoms. The highest BCUT2D eigenvalue weighted by Crippen LogP contribution is 2.32. The number of amides is 1. The summed E-state index contributed by atoms with van der Waals surface area (Å²) < 4.78 is 44.0. The summed E-state index contributed by atoms with van der Waals surface area (Å²) in [6, 6.07) is 11.1. The van der Waals surface area contributed by atoms with E-state index in [9.17, 15) is 13.2 Å². The summed E-state index contributed by atoms with van der Waals surface area (Å²) in [4.78, 5) is 13.2. The Labute approximate surface area is 156 Å². The fourth-order valence-electron chi connectivity index (χ4n) is 2.89. The second-order valence-corrected chi connectivity index (χ2v) is 7.76. The summed E-state index contributed by atoms with van der Waals surface area (Å²) in [6.45, 7) is 1.74. The predicted molar refractivity (Wildman–Crippen MR) is 98.0 cm³/mol. The molecule has 142 valence electrons. The number of carbonyl (C=O) groups excluding carboxylic acids is 1. The number of hydrogen-bond donors (Lipinski definition) is 1. The Kier molecular flexibility index (Phi) is 4.53. The highest BCUT2D eigenvalue weighted by Gasteiger charge is 2.24. The standard InChI is InChI=1S/C18H18N2O6S/c21-18-20(7-10-26-18)14-4-1-3-13(11-14)19-27(22,23)15-5-6-16-17(12-15)25-9-2-8-24-16/h1,3-6,11-12,19H,2,7-10H2. The highest BCUT2D eigenvalue weighted by atomic mass is 32.2. The smallest absolute Gasteiger partial charge is 0.414 e. The molecule has 0 saturated carbocycles. The molecule has 9 heteroatoms. The van der Waals surface area contributed by atoms with Gasteiger partial charge in [0.25, 0.3) is 10.0 Å². The van der Waals surface area contributed by atoms with Gasteiger partial charge in [0.05, 0.1) is 30.3 Å². The van der Waals surface area contributed by atoms with Gasteiger partial charge in [-0.1, -0.05) is 6.07 Å². The van der Waals surface area contributed by atoms with Crippen LogP contribution in [-0.2, 0) is 14.8 Å². The van der Waals surface area contributed by atoms with Gasteiger partial charge in [-0.15, -0.1) is 0 Å². The molecule has 1 fully saturated rings. The van der Waals surface area contributed by atoms with Crippen molar-refractivity contribution in [2.75, 3.05) is 36.0 Å². The van der Waals surface area contributed by atoms with Crippen LogP contribution in [0.3, 0.4) is 0 Å². The molecule has 8 nitrogen and oxygen atoms in total. The van der Waals surface area contributed by atoms with Gasteiger partial charge in [-0.05, 0) is 30.3 Å². The molecule has 1 saturated heterocycles. The van der Waals surface area contributed by atoms with Gasteiger partial charge in [-0.2, -0.15) is 0 Å². The number of hydrogen-bond acceptors (Lipinski definition) is 6. The Morgan fingerprint density at radius 2 is 1.74 bits per heavy atom. The van der Waals surface area contributed by atoms with Crippen molar-refractivity contribution in [3.63, 3.8) is 0 Å². The van der Waals surface area contributed by atoms with E-state index < -0.39 is 16.1 Å². The lowest BCUT2D eigenvalue weighted by molar-refractivity contribution is 0.181. The average Bonchev–Trinajstić information content (AvgIpc) is 2.94. The number of fused-ring (bicyclic) bond motifs is 1. The van der Waals surface area contributed by atoms with Crippen molar-refractivity contribution in [3.8, 4) is 11.5 Å². The Hall–Kier alpha value is -2.94. The Morgan fingerprint density at radius 3 is 2.52 bits per heavy atom. The summed E-state index contributed by atoms with van der Waals surface area (Å²) in [7, 11) is -3.83. The summed E-state index contributed by atoms with van der Waals surface area (Å²) in [6.07, 6.45) is 0.290. The van der Waals surface area contributed by atoms with E-state index in [2.05, 4.69) is 4.72 Å². The first-order chi connectivity index (χ1) is 13.0. The monoisotopic (exact) mass is 390 g/mol. The SMILES string of the molecule is O=C1OCCN1c1cccc(NS(=O)(=O)c2ccc3c(c2)OCCCO3)c1. The van der Waals surface area contributed by atoms with E-state index in [4.69, 9.17) is 14.2 Å². The third-order valence-corrected chi connectivity index (χ3v) is 5.58. The van der Waals surface area contributed by atoms with Crippen molar-refractivity contribution in [3.05, 3.63) is 42.5 Å². The van der Waals surface area contributed by atoms with Crippen molar-refractivity contribution < 1.29 is 27.4 Å². The minimum atomic E-state index is -3.83. The quantitative estimate of drug-likeness (QED) is 0.862. The zero-order valence-electron chi connectivity index (χ0n) is 14.4. The van der Waals surface area contributed by atoms with Crippen LogP contribution in [0.4, 0.5) is 16.2 Å². The lowest BCUT2D eigenvalue weighted by atomic mass is 10.2. The summed E-state index contributed by atoms with van der Waals surface area (Å²) in [5.74, 6) is 0.935. The molecule has 4 rings (SSSR count). The van der Waals surface area contributed by atoms with Crippen LogP contribution >= 0.6 is 0 Å². The third-order valence-electron chi connectivity index (χ3n) is 4.20. The largest absolute Gasteiger partial charge is 0.490 e. The van der Waals surface area contributed by atoms with Crippen molar-refractivity contribution in [2.24, 2.45) is 0 Å². The molecule has 2 aliphatic heterocycles. The van der Waals surface area contributed by atoms with E-state index in [0.717, 1.165) is 6.42 Å². The molecule has 2 aromatic rings. The van der Waals surface area contributed by atoms with E-state index in [1.165, 1.54) is 17.0 Å². The number of benzene rings is 2. The Balaban J connectivity index is 1.58. The van der Waals surface area contributed by atoms with Crippen LogP contribution in [-0.4, -0.2) is 40.9 Å². The first-order valence-electron chi connectivity index (χ1n) is 8.50. The van der Waals surface area contributed by atoms with Crippen molar-refractivity contribution in [1.29, 1.82) is 0 Å². The number of carbonyl (C=O) groups is 1. The van der Waals surface area contributed by atoms with Crippen LogP contribution in [0.25, 0.3) is 0 Å². The van der Waals surface area contributed by atoms with Crippen molar-refractivity contribution >= 4 is 27.5 Å². The molecular formula is C18H18N2O6S. The molecule has 0 unspecified atom stereocenters. The van der Waals surface area contributed by atoms with E-state index >= 15 is 0 Å². The Morgan fingerprint density at radius 1 is 0.926 bits per heavy atom. The lowest BCUT2D eigenvalue weighted by Crippen LogP contribution is -2.23. The van der Waals surface area contributed by atoms with E-state index in [1.54, 1.807) is 30.3 Å². The summed E-state index contributed by atoms with van der Waals surface area (Å²) in [5.41, 5.74) is 0.913. The lowest BCUT2D eigenvalue weighted by Gasteiger charge is -2.15. The van der Waals surface area contributed by atoms with Crippen LogP contribution < -0.4 is 19.1 Å². The van der Waals surface area contributed by atoms with Crippen molar-refractivity contribution in [2.45, 2.75) is 11.3 Å². The first kappa shape index (κ1) is 17.5. The van der Waals surface area contributed by atoms with Gasteiger partial charge in [-0.3, -0.25) is 9.62 Å². The van der Waals surface area contributed by atoms with Crippen LogP contribution in [0.1, 0.15) is 6.42 Å². The number of ether oxygens (including phenoxy) is 3. The molecule has 0 radical (unpaired) electrons. The highest BCUT2D eigenvalue weighted by molar-refractivity contribution is 7.92. The number of sulfonamides is 1. The maximum absolute atomic E-state index is 12.8. The van der Waals surface area contributed by atoms with Gasteiger partial charge < -0.3 is 14.2 Å². The molecule has 0 aliphatic carbocycles. The topological polar surface area (TPSA) is 94.2 Å². The summed E-state index contributed by atoms with van der Waals surface area (Å²) in [5, 5.41) is 0. The summed E-state index contributed by atoms with van der Waals surface area (Å²) >= 11 is 0. The molecule has 2 aliphatic rings. The van der Waals surface area contributed by atoms with Gasteiger partial charge in [0, 0.05) is 18.2 Å². The molecule has 1 amide bonds. The Bertz CT molecular complexity index is 976. The molecule has 27 heavy (non-hydrogen) atoms. The van der Waals surface area contributed by atoms with Gasteiger partial charge in [0.15, 0.2) is 11.5 Å². The first-order valence-corrected chi connectivity index (χ1v) is 9.98. The average molecular weight is 390 g/mol. The minimum Gasteiger partial charge on any atom is -0.490 e. The molecular weight excluding hydrogens is 372 g/mol. The fraction of sp³-hybridized carbons (Fsp3) is 0.278. The van der Waals surface area contributed by atoms with Gasteiger partial charge in [-0.25, -0.2) is 13.2 Å². The number of nitrogens with zero attached hydrogens (tertiary/aromatic N) is 1. The molecule has 0 spiro atoms. The molecule has 0 aromatic heterocycles. The van der Waals surface area contributed by atoms with Crippen LogP contribution in [0.15, 0.2) is 47.4 Å². The maximum atomic E-state index is 12.8. The van der Waals surface area contributed by atoms with E-state index in [0.29, 0.717) is 49.2 Å². The second-order valence-electron chi connectivity index (χ2n) is 6.08. The van der Waals surface area contributed by atoms with E-state index in [1.807, 2.05) is 0 Å². The van der Waals surface area contributed by atoms with Crippen LogP contribution in [0.2, 0.25) is 0 Å². The molecule has 1 N–H and O–H groups in total. The van der Waals surface area contributed by atoms with Gasteiger partial charge in [0.2, 0.25) is 0 Å². The van der Waals surface area contributed by atoms with Crippen LogP contribution in [0, 0.1) is 0 Å². The normalized spacial score (nSPS) is 16.6. The number of nitrogens with one attached hydrogen (secondary N) is 1. The second kappa shape index (κ2) is 6.99. The number of rotatable bonds is 4. The van der Waals surface area contributed by atoms with Crippen LogP contribution in [0.5, 0.6) is 11.5 Å². The number of cyclic esters (lactones) is 1. The number of anilines is 2. The van der Waals surface area contributed by atoms with Crippen molar-refractivity contribution in [1.82, 2.24) is 0 Å². The predicted octanol–water partition coefficient (Wildman–Crippen LogP) is 2.61. The molecule has 0 atom stereocenters. The zero-order chi connectivity index (χ0) is 18.9. The molecule has 2 heterocycles. The van der Waals surface area contributed by atoms with E-state index in [-0.39, 0.29) is 4.90 Å². The zero-order valence-corrected chi connectivity index (χ0v) is 15.2.